The van der Waals surface area contributed by atoms with Crippen molar-refractivity contribution in [1.82, 2.24) is 19.8 Å². The molecule has 1 aliphatic heterocycles. The number of hydrogen-bond acceptors (Lipinski definition) is 9. The number of likely N-dealkylation sites (N-methyl/N-ethyl adjacent to an activating group) is 2. The number of urea groups is 1. The number of hydrogen-bond donors (Lipinski definition) is 0. The van der Waals surface area contributed by atoms with Crippen LogP contribution < -0.4 is 0 Å². The zero-order valence-electron chi connectivity index (χ0n) is 20.0. The van der Waals surface area contributed by atoms with Crippen molar-refractivity contribution in [3.63, 3.8) is 0 Å². The Labute approximate surface area is 200 Å². The molecule has 12 nitrogen and oxygen atoms in total. The third-order valence-corrected chi connectivity index (χ3v) is 6.89. The van der Waals surface area contributed by atoms with Gasteiger partial charge in [-0.3, -0.25) is 4.90 Å². The summed E-state index contributed by atoms with van der Waals surface area (Å²) in [5.41, 5.74) is 0. The summed E-state index contributed by atoms with van der Waals surface area (Å²) in [4.78, 5) is 47.8. The molecule has 1 atom stereocenters. The lowest BCUT2D eigenvalue weighted by Gasteiger charge is -2.37. The lowest BCUT2D eigenvalue weighted by Crippen LogP contribution is -2.57. The Balaban J connectivity index is 0.00000578. The highest BCUT2D eigenvalue weighted by Crippen LogP contribution is 2.18. The predicted octanol–water partition coefficient (Wildman–Crippen LogP) is -0.396. The van der Waals surface area contributed by atoms with Crippen molar-refractivity contribution in [2.24, 2.45) is 0 Å². The number of esters is 1. The molecular weight excluding hydrogens is 468 g/mol. The molecule has 1 saturated heterocycles. The molecule has 1 heterocycles. The van der Waals surface area contributed by atoms with E-state index in [1.165, 1.54) is 12.1 Å². The summed E-state index contributed by atoms with van der Waals surface area (Å²) in [6, 6.07) is 6.88. The molecule has 0 aliphatic carbocycles. The zero-order valence-corrected chi connectivity index (χ0v) is 20.8. The van der Waals surface area contributed by atoms with E-state index in [0.717, 1.165) is 23.1 Å². The molecule has 2 amide bonds. The first-order valence-electron chi connectivity index (χ1n) is 10.7. The van der Waals surface area contributed by atoms with Gasteiger partial charge in [0.2, 0.25) is 0 Å². The van der Waals surface area contributed by atoms with E-state index < -0.39 is 39.8 Å². The first-order valence-corrected chi connectivity index (χ1v) is 12.4. The van der Waals surface area contributed by atoms with Crippen LogP contribution in [-0.4, -0.2) is 117 Å². The van der Waals surface area contributed by atoms with Gasteiger partial charge in [0.1, 0.15) is 5.75 Å². The summed E-state index contributed by atoms with van der Waals surface area (Å²) in [5.74, 6) is -3.44. The number of benzene rings is 1. The van der Waals surface area contributed by atoms with Crippen LogP contribution in [0.3, 0.4) is 0 Å². The van der Waals surface area contributed by atoms with Crippen molar-refractivity contribution in [3.8, 4) is 0 Å². The van der Waals surface area contributed by atoms with Crippen molar-refractivity contribution in [1.29, 1.82) is 0 Å². The van der Waals surface area contributed by atoms with Gasteiger partial charge in [-0.05, 0) is 39.3 Å². The molecule has 1 fully saturated rings. The molecule has 34 heavy (non-hydrogen) atoms. The Hall–Kier alpha value is -2.74. The van der Waals surface area contributed by atoms with E-state index in [4.69, 9.17) is 9.57 Å². The van der Waals surface area contributed by atoms with Crippen molar-refractivity contribution in [2.45, 2.75) is 25.0 Å². The summed E-state index contributed by atoms with van der Waals surface area (Å²) in [6.07, 6.45) is -1.50. The highest BCUT2D eigenvalue weighted by Gasteiger charge is 2.40. The fourth-order valence-electron chi connectivity index (χ4n) is 3.17. The smallest absolute Gasteiger partial charge is 0.432 e. The van der Waals surface area contributed by atoms with Gasteiger partial charge in [-0.15, -0.1) is 0 Å². The summed E-state index contributed by atoms with van der Waals surface area (Å²) >= 11 is 0. The Kier molecular flexibility index (Phi) is 11.4. The van der Waals surface area contributed by atoms with Gasteiger partial charge in [0.15, 0.2) is 16.1 Å². The normalized spacial score (nSPS) is 17.2. The molecule has 13 heteroatoms. The second kappa shape index (κ2) is 13.2. The van der Waals surface area contributed by atoms with Crippen molar-refractivity contribution in [2.75, 3.05) is 59.1 Å². The van der Waals surface area contributed by atoms with Crippen LogP contribution in [0.4, 0.5) is 4.79 Å². The number of carbonyl (C=O) groups excluding carboxylic acids is 3. The fourth-order valence-corrected chi connectivity index (χ4v) is 4.56. The van der Waals surface area contributed by atoms with Crippen LogP contribution >= 0.6 is 0 Å². The van der Waals surface area contributed by atoms with Gasteiger partial charge in [-0.25, -0.2) is 22.8 Å². The van der Waals surface area contributed by atoms with Gasteiger partial charge in [0, 0.05) is 19.6 Å². The molecule has 1 aromatic carbocycles. The molecule has 0 spiro atoms. The number of nitrogens with zero attached hydrogens (tertiary/aromatic N) is 4. The second-order valence-corrected chi connectivity index (χ2v) is 9.78. The standard InChI is InChI=1S/C21H32N4O7S.H2O/c1-5-23(6-2)13-15-25-21(28)24(14-12-22(3)4)18(31-19(26)20(27)32-25)16-33(29,30)17-10-8-7-9-11-17;/h7-11,18H,5-6,12-16H2,1-4H3;1H2. The van der Waals surface area contributed by atoms with E-state index in [1.54, 1.807) is 37.2 Å². The van der Waals surface area contributed by atoms with E-state index in [1.807, 2.05) is 18.7 Å². The Morgan fingerprint density at radius 1 is 0.941 bits per heavy atom. The van der Waals surface area contributed by atoms with E-state index >= 15 is 0 Å². The number of cyclic esters (lactones) is 1. The third kappa shape index (κ3) is 7.94. The van der Waals surface area contributed by atoms with Gasteiger partial charge < -0.3 is 24.9 Å². The average Bonchev–Trinajstić information content (AvgIpc) is 2.78. The summed E-state index contributed by atoms with van der Waals surface area (Å²) in [6.45, 7) is 6.17. The Bertz CT molecular complexity index is 922. The average molecular weight is 503 g/mol. The van der Waals surface area contributed by atoms with Crippen LogP contribution in [0.1, 0.15) is 13.8 Å². The molecule has 1 aromatic rings. The number of hydroxylamine groups is 2. The largest absolute Gasteiger partial charge is 0.441 e. The lowest BCUT2D eigenvalue weighted by atomic mass is 10.4. The molecule has 0 saturated carbocycles. The number of amides is 2. The van der Waals surface area contributed by atoms with Crippen LogP contribution in [0, 0.1) is 0 Å². The summed E-state index contributed by atoms with van der Waals surface area (Å²) < 4.78 is 31.1. The van der Waals surface area contributed by atoms with Crippen LogP contribution in [0.5, 0.6) is 0 Å². The molecule has 192 valence electrons. The highest BCUT2D eigenvalue weighted by atomic mass is 32.2. The molecule has 0 bridgehead atoms. The fraction of sp³-hybridized carbons (Fsp3) is 0.571. The van der Waals surface area contributed by atoms with E-state index in [0.29, 0.717) is 13.1 Å². The van der Waals surface area contributed by atoms with Gasteiger partial charge in [-0.2, -0.15) is 5.06 Å². The minimum absolute atomic E-state index is 0. The quantitative estimate of drug-likeness (QED) is 0.291. The molecule has 0 aromatic heterocycles. The number of sulfone groups is 1. The summed E-state index contributed by atoms with van der Waals surface area (Å²) in [5, 5.41) is 0.804. The maximum atomic E-state index is 13.3. The Morgan fingerprint density at radius 2 is 1.56 bits per heavy atom. The van der Waals surface area contributed by atoms with Gasteiger partial charge >= 0.3 is 18.0 Å². The highest BCUT2D eigenvalue weighted by molar-refractivity contribution is 7.91. The van der Waals surface area contributed by atoms with Crippen LogP contribution in [-0.2, 0) is 29.0 Å². The number of rotatable bonds is 11. The SMILES string of the molecule is CCN(CC)CCN1OC(=O)C(=O)OC(CS(=O)(=O)c2ccccc2)N(CCN(C)C)C1=O.O. The predicted molar refractivity (Wildman–Crippen MR) is 123 cm³/mol. The molecular formula is C21H34N4O8S. The third-order valence-electron chi connectivity index (χ3n) is 5.18. The molecule has 2 rings (SSSR count). The topological polar surface area (TPSA) is 148 Å². The van der Waals surface area contributed by atoms with E-state index in [9.17, 15) is 22.8 Å². The van der Waals surface area contributed by atoms with Gasteiger partial charge in [-0.1, -0.05) is 32.0 Å². The van der Waals surface area contributed by atoms with E-state index in [-0.39, 0.29) is 23.5 Å². The van der Waals surface area contributed by atoms with Gasteiger partial charge in [0.05, 0.1) is 11.4 Å². The van der Waals surface area contributed by atoms with Gasteiger partial charge in [0.25, 0.3) is 0 Å². The zero-order chi connectivity index (χ0) is 24.6. The first-order chi connectivity index (χ1) is 15.6. The second-order valence-electron chi connectivity index (χ2n) is 7.74. The van der Waals surface area contributed by atoms with Crippen LogP contribution in [0.25, 0.3) is 0 Å². The molecule has 0 radical (unpaired) electrons. The maximum Gasteiger partial charge on any atom is 0.441 e. The monoisotopic (exact) mass is 502 g/mol. The number of carbonyl (C=O) groups is 3. The molecule has 2 N–H and O–H groups in total. The minimum atomic E-state index is -3.94. The van der Waals surface area contributed by atoms with Crippen LogP contribution in [0.15, 0.2) is 35.2 Å². The van der Waals surface area contributed by atoms with Crippen molar-refractivity contribution < 1.29 is 37.9 Å². The lowest BCUT2D eigenvalue weighted by molar-refractivity contribution is -0.204. The van der Waals surface area contributed by atoms with Crippen LogP contribution in [0.2, 0.25) is 0 Å². The van der Waals surface area contributed by atoms with Crippen molar-refractivity contribution in [3.05, 3.63) is 30.3 Å². The number of ether oxygens (including phenoxy) is 1. The first kappa shape index (κ1) is 29.3. The minimum Gasteiger partial charge on any atom is -0.432 e. The molecule has 1 aliphatic rings. The van der Waals surface area contributed by atoms with E-state index in [2.05, 4.69) is 0 Å². The van der Waals surface area contributed by atoms with Crippen molar-refractivity contribution >= 4 is 27.8 Å². The summed E-state index contributed by atoms with van der Waals surface area (Å²) in [7, 11) is -0.366. The maximum absolute atomic E-state index is 13.3. The molecule has 1 unspecified atom stereocenters. The Morgan fingerprint density at radius 3 is 2.12 bits per heavy atom.